The molecule has 2 nitrogen and oxygen atoms in total. The number of carboxylic acid groups (broad SMARTS) is 1. The molecule has 70 valence electrons. The quantitative estimate of drug-likeness (QED) is 0.388. The minimum atomic E-state index is -1.08. The van der Waals surface area contributed by atoms with Crippen LogP contribution in [-0.2, 0) is 25.2 Å². The Morgan fingerprint density at radius 1 is 1.25 bits per heavy atom. The Kier molecular flexibility index (Phi) is 19.8. The number of hydrogen-bond donors (Lipinski definition) is 0. The molecule has 4 heteroatoms. The van der Waals surface area contributed by atoms with Gasteiger partial charge in [0.05, 0.1) is 0 Å². The summed E-state index contributed by atoms with van der Waals surface area (Å²) < 4.78 is 0. The van der Waals surface area contributed by atoms with Gasteiger partial charge in [-0.25, -0.2) is 0 Å². The molecule has 0 aliphatic carbocycles. The Balaban J connectivity index is -0.000000124. The number of carbonyl (C=O) groups is 1. The van der Waals surface area contributed by atoms with Gasteiger partial charge in [-0.1, -0.05) is 0 Å². The van der Waals surface area contributed by atoms with Crippen LogP contribution < -0.4 is 5.11 Å². The second-order valence-electron chi connectivity index (χ2n) is 1.57. The molecule has 0 saturated carbocycles. The largest absolute Gasteiger partial charge is 2.00 e. The van der Waals surface area contributed by atoms with Crippen molar-refractivity contribution in [3.8, 4) is 0 Å². The fraction of sp³-hybridized carbons (Fsp3) is 0.125. The van der Waals surface area contributed by atoms with Gasteiger partial charge in [-0.05, 0) is 6.92 Å². The molecule has 0 fully saturated rings. The first-order valence-electron chi connectivity index (χ1n) is 2.82. The van der Waals surface area contributed by atoms with Crippen molar-refractivity contribution >= 4 is 15.9 Å². The van der Waals surface area contributed by atoms with Gasteiger partial charge in [0.15, 0.2) is 0 Å². The summed E-state index contributed by atoms with van der Waals surface area (Å²) in [6.07, 6.45) is 0. The molecule has 1 unspecified atom stereocenters. The molecule has 0 N–H and O–H groups in total. The van der Waals surface area contributed by atoms with E-state index in [0.29, 0.717) is 0 Å². The van der Waals surface area contributed by atoms with E-state index in [-0.39, 0.29) is 30.3 Å². The SMILES string of the molecule is CC(=O)[O-].P.[Pd+2].[c-]1ccccc1. The maximum atomic E-state index is 8.89. The third-order valence-electron chi connectivity index (χ3n) is 0.607. The molecule has 0 aliphatic rings. The second-order valence-corrected chi connectivity index (χ2v) is 1.57. The van der Waals surface area contributed by atoms with Crippen LogP contribution in [-0.4, -0.2) is 5.97 Å². The Labute approximate surface area is 89.7 Å². The van der Waals surface area contributed by atoms with E-state index in [1.807, 2.05) is 30.3 Å². The Bertz CT molecular complexity index is 149. The molecule has 1 aromatic rings. The molecular formula is C8H11O2PPd. The van der Waals surface area contributed by atoms with Crippen molar-refractivity contribution in [1.82, 2.24) is 0 Å². The summed E-state index contributed by atoms with van der Waals surface area (Å²) in [6.45, 7) is 0.972. The Morgan fingerprint density at radius 3 is 1.67 bits per heavy atom. The van der Waals surface area contributed by atoms with Crippen molar-refractivity contribution < 1.29 is 30.3 Å². The van der Waals surface area contributed by atoms with E-state index >= 15 is 0 Å². The Morgan fingerprint density at radius 2 is 1.58 bits per heavy atom. The molecule has 1 aromatic carbocycles. The van der Waals surface area contributed by atoms with Gasteiger partial charge in [0.25, 0.3) is 0 Å². The van der Waals surface area contributed by atoms with Gasteiger partial charge in [0, 0.05) is 5.97 Å². The van der Waals surface area contributed by atoms with Crippen LogP contribution in [0.4, 0.5) is 0 Å². The molecule has 0 aliphatic heterocycles. The van der Waals surface area contributed by atoms with E-state index in [1.54, 1.807) is 0 Å². The topological polar surface area (TPSA) is 40.1 Å². The predicted molar refractivity (Wildman–Crippen MR) is 47.1 cm³/mol. The van der Waals surface area contributed by atoms with E-state index < -0.39 is 5.97 Å². The number of hydrogen-bond acceptors (Lipinski definition) is 2. The molecule has 1 rings (SSSR count). The van der Waals surface area contributed by atoms with Crippen LogP contribution in [0.25, 0.3) is 0 Å². The fourth-order valence-electron chi connectivity index (χ4n) is 0.342. The maximum Gasteiger partial charge on any atom is 2.00 e. The maximum absolute atomic E-state index is 8.89. The summed E-state index contributed by atoms with van der Waals surface area (Å²) in [5.41, 5.74) is 0. The van der Waals surface area contributed by atoms with Crippen molar-refractivity contribution in [2.24, 2.45) is 0 Å². The molecule has 0 heterocycles. The zero-order chi connectivity index (χ0) is 7.82. The van der Waals surface area contributed by atoms with Crippen LogP contribution in [0.5, 0.6) is 0 Å². The smallest absolute Gasteiger partial charge is 0.550 e. The van der Waals surface area contributed by atoms with E-state index in [4.69, 9.17) is 9.90 Å². The van der Waals surface area contributed by atoms with Crippen molar-refractivity contribution in [3.63, 3.8) is 0 Å². The summed E-state index contributed by atoms with van der Waals surface area (Å²) in [6, 6.07) is 12.5. The third kappa shape index (κ3) is 22.6. The molecule has 0 aromatic heterocycles. The average molecular weight is 277 g/mol. The van der Waals surface area contributed by atoms with Crippen LogP contribution >= 0.6 is 9.90 Å². The zero-order valence-electron chi connectivity index (χ0n) is 6.73. The normalized spacial score (nSPS) is 6.08. The number of carboxylic acids is 1. The summed E-state index contributed by atoms with van der Waals surface area (Å²) >= 11 is 0. The first-order chi connectivity index (χ1) is 4.73. The van der Waals surface area contributed by atoms with Gasteiger partial charge in [-0.3, -0.25) is 0 Å². The van der Waals surface area contributed by atoms with Crippen molar-refractivity contribution in [2.45, 2.75) is 6.92 Å². The summed E-state index contributed by atoms with van der Waals surface area (Å²) in [7, 11) is 0. The summed E-state index contributed by atoms with van der Waals surface area (Å²) in [4.78, 5) is 8.89. The minimum absolute atomic E-state index is 0. The van der Waals surface area contributed by atoms with Crippen LogP contribution in [0.1, 0.15) is 6.92 Å². The summed E-state index contributed by atoms with van der Waals surface area (Å²) in [5, 5.41) is 8.89. The van der Waals surface area contributed by atoms with E-state index in [9.17, 15) is 0 Å². The zero-order valence-corrected chi connectivity index (χ0v) is 9.70. The van der Waals surface area contributed by atoms with Crippen LogP contribution in [0.15, 0.2) is 30.3 Å². The van der Waals surface area contributed by atoms with Crippen LogP contribution in [0.3, 0.4) is 0 Å². The van der Waals surface area contributed by atoms with E-state index in [0.717, 1.165) is 6.92 Å². The van der Waals surface area contributed by atoms with E-state index in [2.05, 4.69) is 6.07 Å². The minimum Gasteiger partial charge on any atom is -0.550 e. The third-order valence-corrected chi connectivity index (χ3v) is 0.607. The molecule has 0 amide bonds. The first kappa shape index (κ1) is 17.8. The van der Waals surface area contributed by atoms with Gasteiger partial charge in [-0.2, -0.15) is 46.3 Å². The molecular weight excluding hydrogens is 265 g/mol. The molecule has 1 atom stereocenters. The van der Waals surface area contributed by atoms with Crippen molar-refractivity contribution in [1.29, 1.82) is 0 Å². The predicted octanol–water partition coefficient (Wildman–Crippen LogP) is 0.299. The van der Waals surface area contributed by atoms with Gasteiger partial charge < -0.3 is 9.90 Å². The molecule has 0 bridgehead atoms. The van der Waals surface area contributed by atoms with Gasteiger partial charge in [0.1, 0.15) is 0 Å². The van der Waals surface area contributed by atoms with Crippen molar-refractivity contribution in [2.75, 3.05) is 0 Å². The number of carbonyl (C=O) groups excluding carboxylic acids is 1. The van der Waals surface area contributed by atoms with Gasteiger partial charge in [-0.15, -0.1) is 0 Å². The second kappa shape index (κ2) is 13.4. The molecule has 12 heavy (non-hydrogen) atoms. The fourth-order valence-corrected chi connectivity index (χ4v) is 0.342. The van der Waals surface area contributed by atoms with Crippen LogP contribution in [0.2, 0.25) is 0 Å². The van der Waals surface area contributed by atoms with Gasteiger partial charge in [0.2, 0.25) is 0 Å². The van der Waals surface area contributed by atoms with Crippen LogP contribution in [0, 0.1) is 6.07 Å². The summed E-state index contributed by atoms with van der Waals surface area (Å²) in [5.74, 6) is -1.08. The molecule has 0 saturated heterocycles. The molecule has 0 spiro atoms. The Hall–Kier alpha value is -0.218. The van der Waals surface area contributed by atoms with Crippen molar-refractivity contribution in [3.05, 3.63) is 36.4 Å². The van der Waals surface area contributed by atoms with Gasteiger partial charge >= 0.3 is 20.4 Å². The monoisotopic (exact) mass is 276 g/mol. The first-order valence-corrected chi connectivity index (χ1v) is 2.82. The average Bonchev–Trinajstić information content (AvgIpc) is 1.90. The molecule has 0 radical (unpaired) electrons. The number of benzene rings is 1. The van der Waals surface area contributed by atoms with E-state index in [1.165, 1.54) is 0 Å². The number of aliphatic carboxylic acids is 1. The standard InChI is InChI=1S/C6H5.C2H4O2.H3P.Pd/c1-2-4-6-5-3-1;1-2(3)4;;/h1-5H;1H3,(H,3,4);1H3;/q-1;;;+2/p-1. The number of rotatable bonds is 0.